The third-order valence-electron chi connectivity index (χ3n) is 4.47. The van der Waals surface area contributed by atoms with Gasteiger partial charge in [0.25, 0.3) is 0 Å². The van der Waals surface area contributed by atoms with Crippen molar-refractivity contribution in [1.82, 2.24) is 4.90 Å². The van der Waals surface area contributed by atoms with E-state index in [4.69, 9.17) is 0 Å². The largest absolute Gasteiger partial charge is 0.298 e. The molecule has 1 saturated heterocycles. The summed E-state index contributed by atoms with van der Waals surface area (Å²) in [5.41, 5.74) is 0. The molecule has 1 rings (SSSR count). The molecular weight excluding hydrogens is 194 g/mol. The van der Waals surface area contributed by atoms with Crippen molar-refractivity contribution in [1.29, 1.82) is 0 Å². The summed E-state index contributed by atoms with van der Waals surface area (Å²) in [6.07, 6.45) is 9.87. The maximum Gasteiger partial charge on any atom is 0.00953 e. The molecule has 1 heteroatoms. The van der Waals surface area contributed by atoms with Crippen molar-refractivity contribution in [2.24, 2.45) is 5.92 Å². The molecule has 3 atom stereocenters. The molecule has 1 aliphatic rings. The smallest absolute Gasteiger partial charge is 0.00953 e. The highest BCUT2D eigenvalue weighted by Crippen LogP contribution is 2.27. The number of hydrogen-bond acceptors (Lipinski definition) is 1. The number of piperidine rings is 1. The summed E-state index contributed by atoms with van der Waals surface area (Å²) in [6, 6.07) is 1.62. The molecule has 0 N–H and O–H groups in total. The molecule has 0 spiro atoms. The molecule has 3 unspecified atom stereocenters. The van der Waals surface area contributed by atoms with Crippen LogP contribution in [0, 0.1) is 5.92 Å². The summed E-state index contributed by atoms with van der Waals surface area (Å²) < 4.78 is 0. The summed E-state index contributed by atoms with van der Waals surface area (Å²) in [4.78, 5) is 2.75. The van der Waals surface area contributed by atoms with Gasteiger partial charge in [-0.3, -0.25) is 4.90 Å². The van der Waals surface area contributed by atoms with Crippen LogP contribution in [-0.4, -0.2) is 23.5 Å². The van der Waals surface area contributed by atoms with Crippen LogP contribution in [0.4, 0.5) is 0 Å². The summed E-state index contributed by atoms with van der Waals surface area (Å²) in [5, 5.41) is 0. The van der Waals surface area contributed by atoms with E-state index in [0.717, 1.165) is 18.0 Å². The van der Waals surface area contributed by atoms with Gasteiger partial charge >= 0.3 is 0 Å². The number of unbranched alkanes of at least 4 members (excludes halogenated alkanes) is 4. The summed E-state index contributed by atoms with van der Waals surface area (Å²) in [6.45, 7) is 10.9. The summed E-state index contributed by atoms with van der Waals surface area (Å²) >= 11 is 0. The van der Waals surface area contributed by atoms with Crippen molar-refractivity contribution in [2.75, 3.05) is 6.54 Å². The monoisotopic (exact) mass is 225 g/mol. The van der Waals surface area contributed by atoms with Gasteiger partial charge in [-0.25, -0.2) is 0 Å². The fourth-order valence-electron chi connectivity index (χ4n) is 2.96. The van der Waals surface area contributed by atoms with Gasteiger partial charge < -0.3 is 0 Å². The molecular formula is C15H31N. The van der Waals surface area contributed by atoms with E-state index in [2.05, 4.69) is 32.6 Å². The fraction of sp³-hybridized carbons (Fsp3) is 1.00. The quantitative estimate of drug-likeness (QED) is 0.603. The summed E-state index contributed by atoms with van der Waals surface area (Å²) in [5.74, 6) is 0.895. The molecule has 0 bridgehead atoms. The molecule has 0 aromatic heterocycles. The van der Waals surface area contributed by atoms with E-state index in [1.54, 1.807) is 0 Å². The lowest BCUT2D eigenvalue weighted by atomic mass is 9.88. The molecule has 0 aromatic carbocycles. The van der Waals surface area contributed by atoms with E-state index >= 15 is 0 Å². The Morgan fingerprint density at radius 3 is 2.31 bits per heavy atom. The molecule has 1 nitrogen and oxygen atoms in total. The van der Waals surface area contributed by atoms with E-state index in [9.17, 15) is 0 Å². The van der Waals surface area contributed by atoms with Gasteiger partial charge in [0.05, 0.1) is 0 Å². The lowest BCUT2D eigenvalue weighted by molar-refractivity contribution is 0.0629. The Balaban J connectivity index is 2.22. The number of hydrogen-bond donors (Lipinski definition) is 0. The minimum Gasteiger partial charge on any atom is -0.298 e. The summed E-state index contributed by atoms with van der Waals surface area (Å²) in [7, 11) is 0. The second-order valence-electron chi connectivity index (χ2n) is 5.80. The highest BCUT2D eigenvalue weighted by molar-refractivity contribution is 4.83. The van der Waals surface area contributed by atoms with E-state index in [-0.39, 0.29) is 0 Å². The fourth-order valence-corrected chi connectivity index (χ4v) is 2.96. The Bertz CT molecular complexity index is 178. The lowest BCUT2D eigenvalue weighted by Gasteiger charge is -2.42. The highest BCUT2D eigenvalue weighted by Gasteiger charge is 2.28. The first kappa shape index (κ1) is 14.0. The van der Waals surface area contributed by atoms with Crippen LogP contribution in [-0.2, 0) is 0 Å². The van der Waals surface area contributed by atoms with E-state index in [1.165, 1.54) is 51.5 Å². The van der Waals surface area contributed by atoms with Crippen molar-refractivity contribution < 1.29 is 0 Å². The van der Waals surface area contributed by atoms with Gasteiger partial charge in [-0.05, 0) is 45.6 Å². The van der Waals surface area contributed by atoms with Crippen molar-refractivity contribution in [2.45, 2.75) is 84.7 Å². The van der Waals surface area contributed by atoms with Crippen LogP contribution in [0.5, 0.6) is 0 Å². The van der Waals surface area contributed by atoms with Gasteiger partial charge in [0, 0.05) is 12.1 Å². The lowest BCUT2D eigenvalue weighted by Crippen LogP contribution is -2.47. The number of likely N-dealkylation sites (tertiary alicyclic amines) is 1. The second-order valence-corrected chi connectivity index (χ2v) is 5.80. The van der Waals surface area contributed by atoms with Crippen LogP contribution in [0.3, 0.4) is 0 Å². The van der Waals surface area contributed by atoms with Gasteiger partial charge in [0.1, 0.15) is 0 Å². The third kappa shape index (κ3) is 4.08. The van der Waals surface area contributed by atoms with Crippen molar-refractivity contribution in [3.8, 4) is 0 Å². The normalized spacial score (nSPS) is 31.9. The zero-order chi connectivity index (χ0) is 12.0. The molecule has 96 valence electrons. The average molecular weight is 225 g/mol. The third-order valence-corrected chi connectivity index (χ3v) is 4.47. The zero-order valence-electron chi connectivity index (χ0n) is 11.8. The van der Waals surface area contributed by atoms with Crippen LogP contribution < -0.4 is 0 Å². The number of rotatable bonds is 6. The Morgan fingerprint density at radius 2 is 1.62 bits per heavy atom. The van der Waals surface area contributed by atoms with Crippen LogP contribution in [0.1, 0.15) is 72.6 Å². The van der Waals surface area contributed by atoms with Crippen LogP contribution >= 0.6 is 0 Å². The molecule has 0 aromatic rings. The van der Waals surface area contributed by atoms with Crippen LogP contribution in [0.15, 0.2) is 0 Å². The maximum atomic E-state index is 2.75. The van der Waals surface area contributed by atoms with E-state index < -0.39 is 0 Å². The topological polar surface area (TPSA) is 3.24 Å². The standard InChI is InChI=1S/C15H31N/c1-5-6-7-8-9-12-16-14(3)11-10-13(2)15(16)4/h13-15H,5-12H2,1-4H3. The van der Waals surface area contributed by atoms with Gasteiger partial charge in [0.2, 0.25) is 0 Å². The Kier molecular flexibility index (Phi) is 6.41. The maximum absolute atomic E-state index is 2.75. The molecule has 0 saturated carbocycles. The second kappa shape index (κ2) is 7.32. The molecule has 1 fully saturated rings. The van der Waals surface area contributed by atoms with Gasteiger partial charge in [-0.2, -0.15) is 0 Å². The first-order valence-corrected chi connectivity index (χ1v) is 7.42. The van der Waals surface area contributed by atoms with E-state index in [0.29, 0.717) is 0 Å². The minimum atomic E-state index is 0.801. The zero-order valence-corrected chi connectivity index (χ0v) is 11.8. The van der Waals surface area contributed by atoms with Crippen LogP contribution in [0.25, 0.3) is 0 Å². The molecule has 16 heavy (non-hydrogen) atoms. The molecule has 0 amide bonds. The minimum absolute atomic E-state index is 0.801. The van der Waals surface area contributed by atoms with Crippen molar-refractivity contribution in [3.05, 3.63) is 0 Å². The van der Waals surface area contributed by atoms with Crippen LogP contribution in [0.2, 0.25) is 0 Å². The molecule has 0 aliphatic carbocycles. The van der Waals surface area contributed by atoms with Gasteiger partial charge in [0.15, 0.2) is 0 Å². The van der Waals surface area contributed by atoms with Gasteiger partial charge in [-0.1, -0.05) is 39.5 Å². The Labute approximate surface area is 103 Å². The first-order valence-electron chi connectivity index (χ1n) is 7.42. The Morgan fingerprint density at radius 1 is 0.938 bits per heavy atom. The SMILES string of the molecule is CCCCCCCN1C(C)CCC(C)C1C. The predicted octanol–water partition coefficient (Wildman–Crippen LogP) is 4.47. The van der Waals surface area contributed by atoms with E-state index in [1.807, 2.05) is 0 Å². The van der Waals surface area contributed by atoms with Crippen molar-refractivity contribution >= 4 is 0 Å². The molecule has 1 heterocycles. The predicted molar refractivity (Wildman–Crippen MR) is 72.8 cm³/mol. The van der Waals surface area contributed by atoms with Gasteiger partial charge in [-0.15, -0.1) is 0 Å². The Hall–Kier alpha value is -0.0400. The van der Waals surface area contributed by atoms with Crippen molar-refractivity contribution in [3.63, 3.8) is 0 Å². The molecule has 0 radical (unpaired) electrons. The first-order chi connectivity index (χ1) is 7.66. The number of nitrogens with zero attached hydrogens (tertiary/aromatic N) is 1. The average Bonchev–Trinajstić information content (AvgIpc) is 2.28. The highest BCUT2D eigenvalue weighted by atomic mass is 15.2. The molecule has 1 aliphatic heterocycles.